The lowest BCUT2D eigenvalue weighted by Crippen LogP contribution is -1.88. The molecule has 3 heteroatoms. The number of hydrogen-bond acceptors (Lipinski definition) is 2. The zero-order valence-corrected chi connectivity index (χ0v) is 6.97. The topological polar surface area (TPSA) is 26.3 Å². The van der Waals surface area contributed by atoms with Crippen LogP contribution in [0.15, 0.2) is 18.2 Å². The molecule has 1 unspecified atom stereocenters. The van der Waals surface area contributed by atoms with Gasteiger partial charge in [-0.05, 0) is 11.6 Å². The van der Waals surface area contributed by atoms with Gasteiger partial charge in [0.05, 0.1) is 6.61 Å². The Morgan fingerprint density at radius 1 is 1.58 bits per heavy atom. The largest absolute Gasteiger partial charge is 0.354 e. The fourth-order valence-corrected chi connectivity index (χ4v) is 1.52. The standard InChI is InChI=1S/C9H6ClO2/c10-9-8-3-6(4-11)1-2-7(8)5-12-9/h1-3,9H,5H2. The molecule has 0 saturated heterocycles. The van der Waals surface area contributed by atoms with Gasteiger partial charge in [-0.25, -0.2) is 0 Å². The first kappa shape index (κ1) is 7.77. The maximum atomic E-state index is 10.3. The summed E-state index contributed by atoms with van der Waals surface area (Å²) in [5.41, 5.74) is 2.05. The van der Waals surface area contributed by atoms with Crippen LogP contribution >= 0.6 is 11.6 Å². The first-order valence-electron chi connectivity index (χ1n) is 3.58. The van der Waals surface area contributed by atoms with Crippen molar-refractivity contribution in [3.63, 3.8) is 0 Å². The van der Waals surface area contributed by atoms with E-state index in [0.717, 1.165) is 11.1 Å². The minimum absolute atomic E-state index is 0.409. The van der Waals surface area contributed by atoms with Crippen molar-refractivity contribution in [2.24, 2.45) is 0 Å². The van der Waals surface area contributed by atoms with Gasteiger partial charge in [0.15, 0.2) is 5.56 Å². The van der Waals surface area contributed by atoms with Crippen molar-refractivity contribution >= 4 is 17.9 Å². The summed E-state index contributed by atoms with van der Waals surface area (Å²) in [5.74, 6) is 0. The Morgan fingerprint density at radius 2 is 2.42 bits per heavy atom. The van der Waals surface area contributed by atoms with E-state index in [-0.39, 0.29) is 0 Å². The number of rotatable bonds is 1. The van der Waals surface area contributed by atoms with Crippen molar-refractivity contribution < 1.29 is 9.53 Å². The SMILES string of the molecule is O=[C]c1ccc2c(c1)C(Cl)OC2. The van der Waals surface area contributed by atoms with Crippen molar-refractivity contribution in [1.29, 1.82) is 0 Å². The van der Waals surface area contributed by atoms with Crippen LogP contribution in [0.4, 0.5) is 0 Å². The molecule has 0 aliphatic carbocycles. The highest BCUT2D eigenvalue weighted by Crippen LogP contribution is 2.33. The van der Waals surface area contributed by atoms with Gasteiger partial charge in [0.25, 0.3) is 0 Å². The molecule has 1 aliphatic rings. The molecule has 1 aromatic rings. The Balaban J connectivity index is 2.50. The van der Waals surface area contributed by atoms with E-state index in [9.17, 15) is 4.79 Å². The van der Waals surface area contributed by atoms with Crippen LogP contribution in [0.2, 0.25) is 0 Å². The Kier molecular flexibility index (Phi) is 1.87. The van der Waals surface area contributed by atoms with E-state index in [2.05, 4.69) is 0 Å². The molecule has 0 fully saturated rings. The highest BCUT2D eigenvalue weighted by atomic mass is 35.5. The molecule has 2 nitrogen and oxygen atoms in total. The van der Waals surface area contributed by atoms with Crippen molar-refractivity contribution in [2.45, 2.75) is 12.2 Å². The molecule has 1 heterocycles. The Labute approximate surface area is 75.1 Å². The molecule has 61 valence electrons. The maximum Gasteiger partial charge on any atom is 0.233 e. The monoisotopic (exact) mass is 181 g/mol. The summed E-state index contributed by atoms with van der Waals surface area (Å²) in [6.07, 6.45) is 1.81. The molecule has 1 aromatic carbocycles. The average Bonchev–Trinajstić information content (AvgIpc) is 2.47. The lowest BCUT2D eigenvalue weighted by Gasteiger charge is -2.00. The van der Waals surface area contributed by atoms with E-state index >= 15 is 0 Å². The van der Waals surface area contributed by atoms with E-state index in [1.165, 1.54) is 0 Å². The van der Waals surface area contributed by atoms with Crippen LogP contribution in [0.3, 0.4) is 0 Å². The smallest absolute Gasteiger partial charge is 0.233 e. The fraction of sp³-hybridized carbons (Fsp3) is 0.222. The molecule has 0 saturated carbocycles. The van der Waals surface area contributed by atoms with Crippen LogP contribution < -0.4 is 0 Å². The van der Waals surface area contributed by atoms with Gasteiger partial charge in [0.2, 0.25) is 6.29 Å². The van der Waals surface area contributed by atoms with Crippen molar-refractivity contribution in [2.75, 3.05) is 0 Å². The number of alkyl halides is 1. The van der Waals surface area contributed by atoms with Gasteiger partial charge in [-0.1, -0.05) is 23.7 Å². The minimum atomic E-state index is -0.409. The van der Waals surface area contributed by atoms with Crippen LogP contribution in [-0.2, 0) is 16.1 Å². The second kappa shape index (κ2) is 2.88. The molecule has 0 N–H and O–H groups in total. The zero-order valence-electron chi connectivity index (χ0n) is 6.21. The van der Waals surface area contributed by atoms with Crippen LogP contribution in [-0.4, -0.2) is 6.29 Å². The number of halogens is 1. The number of ether oxygens (including phenoxy) is 1. The first-order chi connectivity index (χ1) is 5.81. The summed E-state index contributed by atoms with van der Waals surface area (Å²) >= 11 is 5.82. The Hall–Kier alpha value is -0.860. The third kappa shape index (κ3) is 1.13. The predicted molar refractivity (Wildman–Crippen MR) is 44.6 cm³/mol. The summed E-state index contributed by atoms with van der Waals surface area (Å²) in [7, 11) is 0. The van der Waals surface area contributed by atoms with E-state index in [4.69, 9.17) is 16.3 Å². The molecule has 1 aliphatic heterocycles. The van der Waals surface area contributed by atoms with Crippen molar-refractivity contribution in [3.8, 4) is 0 Å². The van der Waals surface area contributed by atoms with Crippen LogP contribution in [0, 0.1) is 0 Å². The summed E-state index contributed by atoms with van der Waals surface area (Å²) in [4.78, 5) is 10.3. The van der Waals surface area contributed by atoms with Crippen LogP contribution in [0.1, 0.15) is 22.3 Å². The Bertz CT molecular complexity index is 322. The fourth-order valence-electron chi connectivity index (χ4n) is 1.25. The zero-order chi connectivity index (χ0) is 8.55. The van der Waals surface area contributed by atoms with E-state index in [1.54, 1.807) is 12.1 Å². The van der Waals surface area contributed by atoms with Gasteiger partial charge < -0.3 is 4.74 Å². The molecule has 1 atom stereocenters. The van der Waals surface area contributed by atoms with Gasteiger partial charge >= 0.3 is 0 Å². The molecular formula is C9H6ClO2. The highest BCUT2D eigenvalue weighted by Gasteiger charge is 2.20. The van der Waals surface area contributed by atoms with Gasteiger partial charge in [-0.15, -0.1) is 0 Å². The molecule has 0 spiro atoms. The quantitative estimate of drug-likeness (QED) is 0.619. The number of hydrogen-bond donors (Lipinski definition) is 0. The van der Waals surface area contributed by atoms with Gasteiger partial charge in [-0.2, -0.15) is 0 Å². The summed E-state index contributed by atoms with van der Waals surface area (Å²) in [5, 5.41) is 0. The third-order valence-electron chi connectivity index (χ3n) is 1.89. The maximum absolute atomic E-state index is 10.3. The van der Waals surface area contributed by atoms with E-state index in [1.807, 2.05) is 12.4 Å². The van der Waals surface area contributed by atoms with Crippen LogP contribution in [0.5, 0.6) is 0 Å². The van der Waals surface area contributed by atoms with Crippen molar-refractivity contribution in [1.82, 2.24) is 0 Å². The number of benzene rings is 1. The predicted octanol–water partition coefficient (Wildman–Crippen LogP) is 1.91. The Morgan fingerprint density at radius 3 is 3.17 bits per heavy atom. The molecule has 1 radical (unpaired) electrons. The average molecular weight is 182 g/mol. The van der Waals surface area contributed by atoms with Crippen LogP contribution in [0.25, 0.3) is 0 Å². The van der Waals surface area contributed by atoms with Gasteiger partial charge in [0, 0.05) is 11.1 Å². The molecular weight excluding hydrogens is 176 g/mol. The third-order valence-corrected chi connectivity index (χ3v) is 2.25. The van der Waals surface area contributed by atoms with Crippen molar-refractivity contribution in [3.05, 3.63) is 34.9 Å². The summed E-state index contributed by atoms with van der Waals surface area (Å²) in [6, 6.07) is 5.27. The van der Waals surface area contributed by atoms with E-state index in [0.29, 0.717) is 12.2 Å². The minimum Gasteiger partial charge on any atom is -0.354 e. The lowest BCUT2D eigenvalue weighted by atomic mass is 10.1. The highest BCUT2D eigenvalue weighted by molar-refractivity contribution is 6.20. The molecule has 0 bridgehead atoms. The second-order valence-corrected chi connectivity index (χ2v) is 3.04. The van der Waals surface area contributed by atoms with E-state index < -0.39 is 5.56 Å². The van der Waals surface area contributed by atoms with Gasteiger partial charge in [-0.3, -0.25) is 4.79 Å². The normalized spacial score (nSPS) is 20.6. The molecule has 12 heavy (non-hydrogen) atoms. The van der Waals surface area contributed by atoms with Gasteiger partial charge in [0.1, 0.15) is 0 Å². The summed E-state index contributed by atoms with van der Waals surface area (Å²) < 4.78 is 5.16. The second-order valence-electron chi connectivity index (χ2n) is 2.64. The molecule has 2 rings (SSSR count). The molecule has 0 aromatic heterocycles. The summed E-state index contributed by atoms with van der Waals surface area (Å²) in [6.45, 7) is 0.530. The number of fused-ring (bicyclic) bond motifs is 1. The lowest BCUT2D eigenvalue weighted by molar-refractivity contribution is 0.122. The molecule has 0 amide bonds. The number of carbonyl (C=O) groups excluding carboxylic acids is 1. The first-order valence-corrected chi connectivity index (χ1v) is 4.01.